The highest BCUT2D eigenvalue weighted by Gasteiger charge is 2.32. The molecular formula is C20H37N7O8. The zero-order chi connectivity index (χ0) is 27.1. The van der Waals surface area contributed by atoms with Gasteiger partial charge in [0.1, 0.15) is 18.1 Å². The van der Waals surface area contributed by atoms with Gasteiger partial charge in [-0.3, -0.25) is 24.2 Å². The predicted octanol–water partition coefficient (Wildman–Crippen LogP) is -3.19. The van der Waals surface area contributed by atoms with Crippen molar-refractivity contribution >= 4 is 35.6 Å². The van der Waals surface area contributed by atoms with Crippen LogP contribution in [0.25, 0.3) is 0 Å². The molecular weight excluding hydrogens is 466 g/mol. The highest BCUT2D eigenvalue weighted by atomic mass is 16.4. The quantitative estimate of drug-likeness (QED) is 0.0541. The highest BCUT2D eigenvalue weighted by Crippen LogP contribution is 2.10. The molecule has 0 aliphatic rings. The minimum Gasteiger partial charge on any atom is -0.481 e. The van der Waals surface area contributed by atoms with Crippen molar-refractivity contribution < 1.29 is 39.3 Å². The van der Waals surface area contributed by atoms with Crippen LogP contribution in [0.1, 0.15) is 46.0 Å². The van der Waals surface area contributed by atoms with Gasteiger partial charge in [-0.2, -0.15) is 0 Å². The van der Waals surface area contributed by atoms with Gasteiger partial charge in [-0.15, -0.1) is 0 Å². The summed E-state index contributed by atoms with van der Waals surface area (Å²) in [6.45, 7) is 2.74. The lowest BCUT2D eigenvalue weighted by Crippen LogP contribution is -2.59. The Labute approximate surface area is 202 Å². The molecule has 5 atom stereocenters. The summed E-state index contributed by atoms with van der Waals surface area (Å²) in [5, 5.41) is 34.7. The molecule has 15 heteroatoms. The number of carbonyl (C=O) groups excluding carboxylic acids is 3. The second-order valence-electron chi connectivity index (χ2n) is 8.00. The number of rotatable bonds is 17. The van der Waals surface area contributed by atoms with Gasteiger partial charge in [-0.25, -0.2) is 4.79 Å². The van der Waals surface area contributed by atoms with Gasteiger partial charge in [0.15, 0.2) is 5.96 Å². The van der Waals surface area contributed by atoms with E-state index >= 15 is 0 Å². The summed E-state index contributed by atoms with van der Waals surface area (Å²) in [4.78, 5) is 63.6. The summed E-state index contributed by atoms with van der Waals surface area (Å²) in [6.07, 6.45) is 0.213. The summed E-state index contributed by atoms with van der Waals surface area (Å²) >= 11 is 0. The fraction of sp³-hybridized carbons (Fsp3) is 0.700. The van der Waals surface area contributed by atoms with Crippen LogP contribution in [0.2, 0.25) is 0 Å². The van der Waals surface area contributed by atoms with E-state index < -0.39 is 66.4 Å². The molecule has 15 nitrogen and oxygen atoms in total. The van der Waals surface area contributed by atoms with Crippen LogP contribution in [0.5, 0.6) is 0 Å². The minimum atomic E-state index is -1.49. The third-order valence-corrected chi connectivity index (χ3v) is 5.17. The topological polar surface area (TPSA) is 273 Å². The molecule has 12 N–H and O–H groups in total. The van der Waals surface area contributed by atoms with E-state index in [9.17, 15) is 34.2 Å². The Kier molecular flexibility index (Phi) is 14.6. The van der Waals surface area contributed by atoms with Crippen LogP contribution in [0.4, 0.5) is 0 Å². The number of hydrogen-bond donors (Lipinski definition) is 9. The van der Waals surface area contributed by atoms with E-state index in [-0.39, 0.29) is 38.2 Å². The molecule has 35 heavy (non-hydrogen) atoms. The van der Waals surface area contributed by atoms with Gasteiger partial charge >= 0.3 is 11.9 Å². The molecule has 0 radical (unpaired) electrons. The van der Waals surface area contributed by atoms with Crippen molar-refractivity contribution in [3.63, 3.8) is 0 Å². The Morgan fingerprint density at radius 2 is 1.51 bits per heavy atom. The van der Waals surface area contributed by atoms with Crippen molar-refractivity contribution in [2.45, 2.75) is 70.1 Å². The fourth-order valence-corrected chi connectivity index (χ4v) is 2.86. The number of carboxylic acids is 2. The summed E-state index contributed by atoms with van der Waals surface area (Å²) in [5.74, 6) is -5.51. The molecule has 0 saturated heterocycles. The van der Waals surface area contributed by atoms with Crippen molar-refractivity contribution in [2.75, 3.05) is 13.2 Å². The molecule has 5 unspecified atom stereocenters. The van der Waals surface area contributed by atoms with Gasteiger partial charge in [0, 0.05) is 13.0 Å². The number of guanidine groups is 1. The second-order valence-corrected chi connectivity index (χ2v) is 8.00. The summed E-state index contributed by atoms with van der Waals surface area (Å²) in [7, 11) is 0. The lowest BCUT2D eigenvalue weighted by atomic mass is 9.97. The lowest BCUT2D eigenvalue weighted by Gasteiger charge is -2.27. The van der Waals surface area contributed by atoms with Crippen LogP contribution in [0.3, 0.4) is 0 Å². The number of hydrogen-bond acceptors (Lipinski definition) is 8. The maximum Gasteiger partial charge on any atom is 0.326 e. The van der Waals surface area contributed by atoms with Crippen LogP contribution in [-0.4, -0.2) is 88.3 Å². The maximum absolute atomic E-state index is 12.8. The third-order valence-electron chi connectivity index (χ3n) is 5.17. The highest BCUT2D eigenvalue weighted by molar-refractivity contribution is 5.94. The molecule has 0 fully saturated rings. The van der Waals surface area contributed by atoms with Crippen molar-refractivity contribution in [2.24, 2.45) is 28.1 Å². The molecule has 0 saturated carbocycles. The minimum absolute atomic E-state index is 0.0102. The third kappa shape index (κ3) is 12.5. The lowest BCUT2D eigenvalue weighted by molar-refractivity contribution is -0.143. The Hall–Kier alpha value is -3.46. The number of nitrogens with two attached hydrogens (primary N) is 3. The Morgan fingerprint density at radius 1 is 0.914 bits per heavy atom. The van der Waals surface area contributed by atoms with Gasteiger partial charge in [-0.05, 0) is 25.2 Å². The monoisotopic (exact) mass is 503 g/mol. The Balaban J connectivity index is 5.23. The first-order valence-corrected chi connectivity index (χ1v) is 11.1. The zero-order valence-corrected chi connectivity index (χ0v) is 19.9. The Morgan fingerprint density at radius 3 is 2.00 bits per heavy atom. The standard InChI is InChI=1S/C20H37N7O8/c1-3-10(2)15(27-16(31)11(21)6-7-14(29)30)18(33)26-13(9-28)17(32)25-12(19(34)35)5-4-8-24-20(22)23/h10-13,15,28H,3-9,21H2,1-2H3,(H,25,32)(H,26,33)(H,27,31)(H,29,30)(H,34,35)(H4,22,23,24). The number of carboxylic acid groups (broad SMARTS) is 2. The van der Waals surface area contributed by atoms with E-state index in [1.165, 1.54) is 0 Å². The number of aliphatic hydroxyl groups excluding tert-OH is 1. The van der Waals surface area contributed by atoms with E-state index in [4.69, 9.17) is 22.3 Å². The second kappa shape index (κ2) is 16.2. The number of aliphatic carboxylic acids is 2. The van der Waals surface area contributed by atoms with Crippen LogP contribution in [-0.2, 0) is 24.0 Å². The number of carbonyl (C=O) groups is 5. The van der Waals surface area contributed by atoms with E-state index in [1.807, 2.05) is 0 Å². The van der Waals surface area contributed by atoms with E-state index in [1.54, 1.807) is 13.8 Å². The molecule has 0 spiro atoms. The van der Waals surface area contributed by atoms with E-state index in [2.05, 4.69) is 20.9 Å². The number of amides is 3. The van der Waals surface area contributed by atoms with Gasteiger partial charge in [-0.1, -0.05) is 20.3 Å². The van der Waals surface area contributed by atoms with Gasteiger partial charge in [0.2, 0.25) is 17.7 Å². The van der Waals surface area contributed by atoms with E-state index in [0.29, 0.717) is 6.42 Å². The van der Waals surface area contributed by atoms with Crippen molar-refractivity contribution in [1.29, 1.82) is 0 Å². The van der Waals surface area contributed by atoms with Crippen LogP contribution in [0.15, 0.2) is 4.99 Å². The first kappa shape index (κ1) is 31.5. The summed E-state index contributed by atoms with van der Waals surface area (Å²) < 4.78 is 0. The smallest absolute Gasteiger partial charge is 0.326 e. The predicted molar refractivity (Wildman–Crippen MR) is 125 cm³/mol. The molecule has 0 bridgehead atoms. The van der Waals surface area contributed by atoms with Crippen LogP contribution >= 0.6 is 0 Å². The van der Waals surface area contributed by atoms with Gasteiger partial charge in [0.25, 0.3) is 0 Å². The number of aliphatic hydroxyl groups is 1. The average molecular weight is 504 g/mol. The van der Waals surface area contributed by atoms with Crippen LogP contribution < -0.4 is 33.2 Å². The normalized spacial score (nSPS) is 15.0. The largest absolute Gasteiger partial charge is 0.481 e. The maximum atomic E-state index is 12.8. The first-order chi connectivity index (χ1) is 16.3. The molecule has 3 amide bonds. The SMILES string of the molecule is CCC(C)C(NC(=O)C(N)CCC(=O)O)C(=O)NC(CO)C(=O)NC(CCCN=C(N)N)C(=O)O. The average Bonchev–Trinajstić information content (AvgIpc) is 2.79. The van der Waals surface area contributed by atoms with Gasteiger partial charge < -0.3 is 48.5 Å². The fourth-order valence-electron chi connectivity index (χ4n) is 2.86. The zero-order valence-electron chi connectivity index (χ0n) is 19.9. The molecule has 0 heterocycles. The molecule has 0 rings (SSSR count). The number of nitrogens with one attached hydrogen (secondary N) is 3. The van der Waals surface area contributed by atoms with Gasteiger partial charge in [0.05, 0.1) is 12.6 Å². The van der Waals surface area contributed by atoms with Crippen molar-refractivity contribution in [1.82, 2.24) is 16.0 Å². The number of nitrogens with zero attached hydrogens (tertiary/aromatic N) is 1. The van der Waals surface area contributed by atoms with Crippen molar-refractivity contribution in [3.05, 3.63) is 0 Å². The molecule has 200 valence electrons. The molecule has 0 aliphatic carbocycles. The summed E-state index contributed by atoms with van der Waals surface area (Å²) in [6, 6.07) is -5.12. The molecule has 0 aromatic carbocycles. The number of aliphatic imine (C=N–C) groups is 1. The van der Waals surface area contributed by atoms with Crippen molar-refractivity contribution in [3.8, 4) is 0 Å². The Bertz CT molecular complexity index is 773. The molecule has 0 aliphatic heterocycles. The van der Waals surface area contributed by atoms with Crippen LogP contribution in [0, 0.1) is 5.92 Å². The first-order valence-electron chi connectivity index (χ1n) is 11.1. The molecule has 0 aromatic heterocycles. The van der Waals surface area contributed by atoms with E-state index in [0.717, 1.165) is 0 Å². The molecule has 0 aromatic rings. The summed E-state index contributed by atoms with van der Waals surface area (Å²) in [5.41, 5.74) is 16.1.